The number of ether oxygens (including phenoxy) is 2. The summed E-state index contributed by atoms with van der Waals surface area (Å²) < 4.78 is 16.9. The quantitative estimate of drug-likeness (QED) is 0.335. The third-order valence-electron chi connectivity index (χ3n) is 6.30. The van der Waals surface area contributed by atoms with Crippen molar-refractivity contribution in [2.75, 3.05) is 19.7 Å². The Morgan fingerprint density at radius 1 is 1.15 bits per heavy atom. The average Bonchev–Trinajstić information content (AvgIpc) is 3.31. The minimum absolute atomic E-state index is 0.00605. The lowest BCUT2D eigenvalue weighted by atomic mass is 10.1. The van der Waals surface area contributed by atoms with Crippen LogP contribution >= 0.6 is 11.6 Å². The highest BCUT2D eigenvalue weighted by molar-refractivity contribution is 6.30. The minimum atomic E-state index is -1.08. The van der Waals surface area contributed by atoms with E-state index in [1.165, 1.54) is 11.1 Å². The second kappa shape index (κ2) is 11.7. The number of carboxylic acid groups (broad SMARTS) is 1. The van der Waals surface area contributed by atoms with Gasteiger partial charge < -0.3 is 23.9 Å². The fraction of sp³-hybridized carbons (Fsp3) is 0.241. The summed E-state index contributed by atoms with van der Waals surface area (Å²) >= 11 is 6.08. The molecule has 0 saturated carbocycles. The molecule has 9 nitrogen and oxygen atoms in total. The van der Waals surface area contributed by atoms with Crippen molar-refractivity contribution in [3.05, 3.63) is 100 Å². The number of pyridine rings is 1. The van der Waals surface area contributed by atoms with Crippen LogP contribution < -0.4 is 4.74 Å². The monoisotopic (exact) mass is 547 g/mol. The number of halogens is 1. The van der Waals surface area contributed by atoms with E-state index in [1.54, 1.807) is 12.1 Å². The second-order valence-corrected chi connectivity index (χ2v) is 9.56. The van der Waals surface area contributed by atoms with Crippen molar-refractivity contribution in [1.29, 1.82) is 0 Å². The molecule has 2 aromatic carbocycles. The fourth-order valence-electron chi connectivity index (χ4n) is 4.28. The van der Waals surface area contributed by atoms with Crippen LogP contribution in [-0.4, -0.2) is 57.7 Å². The molecule has 0 aliphatic carbocycles. The third-order valence-corrected chi connectivity index (χ3v) is 6.54. The van der Waals surface area contributed by atoms with Gasteiger partial charge in [0.25, 0.3) is 5.91 Å². The number of amides is 1. The SMILES string of the molecule is Cc1oc(Cc2cccc(Cl)c2)nc1-c1ccc(OCc2ccc(C(=O)N3CCO[C@@H](C(=O)O)C3)cn2)cc1. The van der Waals surface area contributed by atoms with Crippen molar-refractivity contribution in [2.24, 2.45) is 0 Å². The van der Waals surface area contributed by atoms with E-state index in [1.807, 2.05) is 55.5 Å². The summed E-state index contributed by atoms with van der Waals surface area (Å²) in [5.74, 6) is 0.650. The Balaban J connectivity index is 1.17. The number of rotatable bonds is 8. The zero-order valence-corrected chi connectivity index (χ0v) is 21.9. The molecule has 0 spiro atoms. The number of hydrogen-bond acceptors (Lipinski definition) is 7. The van der Waals surface area contributed by atoms with Crippen molar-refractivity contribution in [3.8, 4) is 17.0 Å². The first-order chi connectivity index (χ1) is 18.9. The molecule has 4 aromatic rings. The van der Waals surface area contributed by atoms with Crippen LogP contribution in [0, 0.1) is 6.92 Å². The van der Waals surface area contributed by atoms with Crippen molar-refractivity contribution < 1.29 is 28.6 Å². The molecule has 3 heterocycles. The fourth-order valence-corrected chi connectivity index (χ4v) is 4.50. The van der Waals surface area contributed by atoms with Gasteiger partial charge in [0.05, 0.1) is 24.4 Å². The molecule has 1 aliphatic rings. The van der Waals surface area contributed by atoms with E-state index < -0.39 is 12.1 Å². The van der Waals surface area contributed by atoms with Gasteiger partial charge in [-0.25, -0.2) is 9.78 Å². The average molecular weight is 548 g/mol. The number of aryl methyl sites for hydroxylation is 1. The van der Waals surface area contributed by atoms with E-state index >= 15 is 0 Å². The molecule has 1 saturated heterocycles. The molecule has 39 heavy (non-hydrogen) atoms. The van der Waals surface area contributed by atoms with E-state index in [9.17, 15) is 9.59 Å². The van der Waals surface area contributed by atoms with E-state index in [4.69, 9.17) is 30.6 Å². The molecule has 1 aliphatic heterocycles. The molecule has 200 valence electrons. The molecule has 5 rings (SSSR count). The minimum Gasteiger partial charge on any atom is -0.487 e. The molecule has 1 atom stereocenters. The lowest BCUT2D eigenvalue weighted by Gasteiger charge is -2.30. The van der Waals surface area contributed by atoms with Crippen LogP contribution in [0.15, 0.2) is 71.3 Å². The normalized spacial score (nSPS) is 15.2. The molecule has 0 unspecified atom stereocenters. The van der Waals surface area contributed by atoms with Crippen LogP contribution in [0.5, 0.6) is 5.75 Å². The maximum atomic E-state index is 12.7. The number of carbonyl (C=O) groups excluding carboxylic acids is 1. The lowest BCUT2D eigenvalue weighted by Crippen LogP contribution is -2.48. The molecular weight excluding hydrogens is 522 g/mol. The third kappa shape index (κ3) is 6.45. The zero-order chi connectivity index (χ0) is 27.4. The Morgan fingerprint density at radius 2 is 1.97 bits per heavy atom. The largest absolute Gasteiger partial charge is 0.487 e. The topological polar surface area (TPSA) is 115 Å². The number of morpholine rings is 1. The van der Waals surface area contributed by atoms with E-state index in [0.29, 0.717) is 40.9 Å². The Labute approximate surface area is 230 Å². The van der Waals surface area contributed by atoms with Crippen LogP contribution in [0.25, 0.3) is 11.3 Å². The standard InChI is InChI=1S/C29H26ClN3O6/c1-18-27(32-26(39-18)14-19-3-2-4-22(30)13-19)20-6-9-24(10-7-20)38-17-23-8-5-21(15-31-23)28(34)33-11-12-37-25(16-33)29(35)36/h2-10,13,15,25H,11-12,14,16-17H2,1H3,(H,35,36)/t25-/m1/s1. The number of carboxylic acids is 1. The summed E-state index contributed by atoms with van der Waals surface area (Å²) in [6.45, 7) is 2.63. The van der Waals surface area contributed by atoms with Gasteiger partial charge in [0, 0.05) is 29.7 Å². The highest BCUT2D eigenvalue weighted by Crippen LogP contribution is 2.27. The first-order valence-corrected chi connectivity index (χ1v) is 12.8. The highest BCUT2D eigenvalue weighted by atomic mass is 35.5. The van der Waals surface area contributed by atoms with Gasteiger partial charge in [-0.1, -0.05) is 23.7 Å². The summed E-state index contributed by atoms with van der Waals surface area (Å²) in [6, 6.07) is 18.6. The molecule has 1 fully saturated rings. The Morgan fingerprint density at radius 3 is 2.69 bits per heavy atom. The number of nitrogens with zero attached hydrogens (tertiary/aromatic N) is 3. The molecule has 0 radical (unpaired) electrons. The number of aliphatic carboxylic acids is 1. The van der Waals surface area contributed by atoms with Crippen LogP contribution in [0.2, 0.25) is 5.02 Å². The number of carbonyl (C=O) groups is 2. The summed E-state index contributed by atoms with van der Waals surface area (Å²) in [7, 11) is 0. The lowest BCUT2D eigenvalue weighted by molar-refractivity contribution is -0.154. The van der Waals surface area contributed by atoms with E-state index in [0.717, 1.165) is 22.6 Å². The van der Waals surface area contributed by atoms with E-state index in [-0.39, 0.29) is 25.7 Å². The van der Waals surface area contributed by atoms with Crippen LogP contribution in [0.4, 0.5) is 0 Å². The molecule has 10 heteroatoms. The van der Waals surface area contributed by atoms with Gasteiger partial charge in [0.2, 0.25) is 0 Å². The summed E-state index contributed by atoms with van der Waals surface area (Å²) in [4.78, 5) is 34.4. The first-order valence-electron chi connectivity index (χ1n) is 12.4. The van der Waals surface area contributed by atoms with Gasteiger partial charge >= 0.3 is 5.97 Å². The van der Waals surface area contributed by atoms with Gasteiger partial charge in [0.15, 0.2) is 12.0 Å². The molecule has 2 aromatic heterocycles. The molecule has 0 bridgehead atoms. The zero-order valence-electron chi connectivity index (χ0n) is 21.2. The number of oxazole rings is 1. The highest BCUT2D eigenvalue weighted by Gasteiger charge is 2.29. The predicted molar refractivity (Wildman–Crippen MR) is 143 cm³/mol. The maximum Gasteiger partial charge on any atom is 0.334 e. The van der Waals surface area contributed by atoms with Crippen molar-refractivity contribution in [2.45, 2.75) is 26.1 Å². The Hall–Kier alpha value is -4.21. The number of benzene rings is 2. The smallest absolute Gasteiger partial charge is 0.334 e. The maximum absolute atomic E-state index is 12.7. The Kier molecular flexibility index (Phi) is 7.90. The van der Waals surface area contributed by atoms with Gasteiger partial charge in [-0.05, 0) is 61.0 Å². The Bertz CT molecular complexity index is 1470. The molecule has 1 amide bonds. The van der Waals surface area contributed by atoms with Crippen LogP contribution in [0.1, 0.15) is 33.3 Å². The van der Waals surface area contributed by atoms with E-state index in [2.05, 4.69) is 9.97 Å². The summed E-state index contributed by atoms with van der Waals surface area (Å²) in [5.41, 5.74) is 3.74. The number of hydrogen-bond donors (Lipinski definition) is 1. The predicted octanol–water partition coefficient (Wildman–Crippen LogP) is 4.79. The first kappa shape index (κ1) is 26.4. The van der Waals surface area contributed by atoms with Gasteiger partial charge in [-0.15, -0.1) is 0 Å². The van der Waals surface area contributed by atoms with Crippen molar-refractivity contribution >= 4 is 23.5 Å². The van der Waals surface area contributed by atoms with Gasteiger partial charge in [-0.2, -0.15) is 0 Å². The van der Waals surface area contributed by atoms with Crippen molar-refractivity contribution in [3.63, 3.8) is 0 Å². The van der Waals surface area contributed by atoms with Crippen molar-refractivity contribution in [1.82, 2.24) is 14.9 Å². The summed E-state index contributed by atoms with van der Waals surface area (Å²) in [6.07, 6.45) is 1.01. The summed E-state index contributed by atoms with van der Waals surface area (Å²) in [5, 5.41) is 9.82. The van der Waals surface area contributed by atoms with Gasteiger partial charge in [0.1, 0.15) is 23.8 Å². The molecular formula is C29H26ClN3O6. The second-order valence-electron chi connectivity index (χ2n) is 9.12. The number of aromatic nitrogens is 2. The van der Waals surface area contributed by atoms with Gasteiger partial charge in [-0.3, -0.25) is 9.78 Å². The van der Waals surface area contributed by atoms with Crippen LogP contribution in [-0.2, 0) is 22.6 Å². The van der Waals surface area contributed by atoms with Crippen LogP contribution in [0.3, 0.4) is 0 Å². The molecule has 1 N–H and O–H groups in total.